The number of aryl methyl sites for hydroxylation is 1. The lowest BCUT2D eigenvalue weighted by molar-refractivity contribution is 0.171. The number of ether oxygens (including phenoxy) is 2. The zero-order valence-electron chi connectivity index (χ0n) is 17.1. The van der Waals surface area contributed by atoms with E-state index in [1.165, 1.54) is 5.56 Å². The Labute approximate surface area is 171 Å². The van der Waals surface area contributed by atoms with Crippen LogP contribution >= 0.6 is 11.6 Å². The van der Waals surface area contributed by atoms with Crippen molar-refractivity contribution in [1.29, 1.82) is 0 Å². The summed E-state index contributed by atoms with van der Waals surface area (Å²) in [4.78, 5) is 6.49. The topological polar surface area (TPSA) is 63.9 Å². The Bertz CT molecular complexity index is 863. The Hall–Kier alpha value is -2.41. The third-order valence-corrected chi connectivity index (χ3v) is 4.85. The molecule has 0 spiro atoms. The van der Waals surface area contributed by atoms with Crippen LogP contribution in [0.5, 0.6) is 11.5 Å². The molecule has 0 atom stereocenters. The van der Waals surface area contributed by atoms with Crippen molar-refractivity contribution < 1.29 is 9.47 Å². The molecule has 3 rings (SSSR count). The zero-order valence-corrected chi connectivity index (χ0v) is 17.9. The lowest BCUT2D eigenvalue weighted by atomic mass is 10.1. The number of aromatic nitrogens is 2. The van der Waals surface area contributed by atoms with Gasteiger partial charge in [-0.05, 0) is 23.6 Å². The first-order chi connectivity index (χ1) is 13.4. The van der Waals surface area contributed by atoms with E-state index in [-0.39, 0.29) is 0 Å². The molecule has 7 nitrogen and oxygen atoms in total. The highest BCUT2D eigenvalue weighted by atomic mass is 35.5. The maximum atomic E-state index is 6.33. The van der Waals surface area contributed by atoms with Crippen LogP contribution in [-0.4, -0.2) is 47.9 Å². The first-order valence-electron chi connectivity index (χ1n) is 9.41. The van der Waals surface area contributed by atoms with Crippen LogP contribution in [-0.2, 0) is 20.1 Å². The molecule has 0 saturated heterocycles. The van der Waals surface area contributed by atoms with Crippen molar-refractivity contribution in [3.05, 3.63) is 40.2 Å². The van der Waals surface area contributed by atoms with Crippen molar-refractivity contribution in [2.24, 2.45) is 12.0 Å². The number of hydrogen-bond acceptors (Lipinski definition) is 4. The van der Waals surface area contributed by atoms with E-state index in [1.807, 2.05) is 30.9 Å². The Morgan fingerprint density at radius 1 is 1.36 bits per heavy atom. The van der Waals surface area contributed by atoms with Crippen LogP contribution < -0.4 is 14.8 Å². The SMILES string of the molecule is CN=C(NCc1cc(Cl)c2c(c1)OCCO2)N(C)Cc1cn(C)nc1C(C)C. The van der Waals surface area contributed by atoms with E-state index in [2.05, 4.69) is 40.4 Å². The van der Waals surface area contributed by atoms with Crippen LogP contribution in [0.4, 0.5) is 0 Å². The summed E-state index contributed by atoms with van der Waals surface area (Å²) in [6.45, 7) is 6.68. The van der Waals surface area contributed by atoms with Crippen LogP contribution in [0, 0.1) is 0 Å². The van der Waals surface area contributed by atoms with Crippen LogP contribution in [0.15, 0.2) is 23.3 Å². The van der Waals surface area contributed by atoms with Gasteiger partial charge in [0.2, 0.25) is 0 Å². The fourth-order valence-corrected chi connectivity index (χ4v) is 3.61. The van der Waals surface area contributed by atoms with Gasteiger partial charge in [-0.15, -0.1) is 0 Å². The van der Waals surface area contributed by atoms with E-state index >= 15 is 0 Å². The predicted octanol–water partition coefficient (Wildman–Crippen LogP) is 3.18. The number of fused-ring (bicyclic) bond motifs is 1. The second kappa shape index (κ2) is 8.73. The molecule has 1 N–H and O–H groups in total. The number of halogens is 1. The number of nitrogens with zero attached hydrogens (tertiary/aromatic N) is 4. The molecule has 0 amide bonds. The zero-order chi connectivity index (χ0) is 20.3. The summed E-state index contributed by atoms with van der Waals surface area (Å²) in [5.74, 6) is 2.48. The normalized spacial score (nSPS) is 13.8. The molecule has 0 saturated carbocycles. The number of guanidine groups is 1. The van der Waals surface area contributed by atoms with Crippen LogP contribution in [0.1, 0.15) is 36.6 Å². The van der Waals surface area contributed by atoms with Gasteiger partial charge in [0.25, 0.3) is 0 Å². The van der Waals surface area contributed by atoms with Crippen molar-refractivity contribution in [2.45, 2.75) is 32.9 Å². The van der Waals surface area contributed by atoms with E-state index in [1.54, 1.807) is 7.05 Å². The second-order valence-electron chi connectivity index (χ2n) is 7.23. The smallest absolute Gasteiger partial charge is 0.193 e. The van der Waals surface area contributed by atoms with Gasteiger partial charge in [-0.1, -0.05) is 25.4 Å². The fourth-order valence-electron chi connectivity index (χ4n) is 3.33. The standard InChI is InChI=1S/C20H28ClN5O2/c1-13(2)18-15(12-26(5)24-18)11-25(4)20(22-3)23-10-14-8-16(21)19-17(9-14)27-6-7-28-19/h8-9,12-13H,6-7,10-11H2,1-5H3,(H,22,23). The van der Waals surface area contributed by atoms with Gasteiger partial charge in [0.15, 0.2) is 17.5 Å². The predicted molar refractivity (Wildman–Crippen MR) is 111 cm³/mol. The number of hydrogen-bond donors (Lipinski definition) is 1. The number of benzene rings is 1. The largest absolute Gasteiger partial charge is 0.486 e. The molecule has 28 heavy (non-hydrogen) atoms. The minimum absolute atomic E-state index is 0.374. The highest BCUT2D eigenvalue weighted by Gasteiger charge is 2.18. The maximum absolute atomic E-state index is 6.33. The van der Waals surface area contributed by atoms with Gasteiger partial charge >= 0.3 is 0 Å². The molecule has 0 bridgehead atoms. The summed E-state index contributed by atoms with van der Waals surface area (Å²) in [5.41, 5.74) is 3.32. The molecule has 0 unspecified atom stereocenters. The average molecular weight is 406 g/mol. The van der Waals surface area contributed by atoms with E-state index in [9.17, 15) is 0 Å². The lowest BCUT2D eigenvalue weighted by Crippen LogP contribution is -2.38. The molecule has 1 aromatic heterocycles. The van der Waals surface area contributed by atoms with Crippen LogP contribution in [0.25, 0.3) is 0 Å². The highest BCUT2D eigenvalue weighted by molar-refractivity contribution is 6.32. The van der Waals surface area contributed by atoms with E-state index < -0.39 is 0 Å². The van der Waals surface area contributed by atoms with E-state index in [0.29, 0.717) is 42.2 Å². The molecule has 1 aliphatic rings. The van der Waals surface area contributed by atoms with Gasteiger partial charge in [-0.25, -0.2) is 0 Å². The summed E-state index contributed by atoms with van der Waals surface area (Å²) >= 11 is 6.33. The van der Waals surface area contributed by atoms with Crippen molar-refractivity contribution >= 4 is 17.6 Å². The van der Waals surface area contributed by atoms with Crippen LogP contribution in [0.2, 0.25) is 5.02 Å². The summed E-state index contributed by atoms with van der Waals surface area (Å²) in [6.07, 6.45) is 2.07. The van der Waals surface area contributed by atoms with Gasteiger partial charge in [0.05, 0.1) is 10.7 Å². The van der Waals surface area contributed by atoms with Crippen LogP contribution in [0.3, 0.4) is 0 Å². The molecule has 2 aromatic rings. The summed E-state index contributed by atoms with van der Waals surface area (Å²) in [5, 5.41) is 8.53. The molecule has 0 fully saturated rings. The average Bonchev–Trinajstić information content (AvgIpc) is 3.03. The number of aliphatic imine (C=N–C) groups is 1. The molecule has 8 heteroatoms. The number of rotatable bonds is 5. The third-order valence-electron chi connectivity index (χ3n) is 4.57. The van der Waals surface area contributed by atoms with Gasteiger partial charge in [0.1, 0.15) is 13.2 Å². The maximum Gasteiger partial charge on any atom is 0.193 e. The van der Waals surface area contributed by atoms with Crippen molar-refractivity contribution in [1.82, 2.24) is 20.0 Å². The minimum Gasteiger partial charge on any atom is -0.486 e. The molecular formula is C20H28ClN5O2. The Balaban J connectivity index is 1.67. The summed E-state index contributed by atoms with van der Waals surface area (Å²) in [7, 11) is 5.75. The van der Waals surface area contributed by atoms with E-state index in [4.69, 9.17) is 21.1 Å². The Kier molecular flexibility index (Phi) is 6.34. The molecule has 2 heterocycles. The molecule has 0 radical (unpaired) electrons. The third kappa shape index (κ3) is 4.52. The van der Waals surface area contributed by atoms with Crippen molar-refractivity contribution in [3.63, 3.8) is 0 Å². The van der Waals surface area contributed by atoms with Gasteiger partial charge in [0, 0.05) is 46.0 Å². The van der Waals surface area contributed by atoms with Gasteiger partial charge in [-0.2, -0.15) is 5.10 Å². The minimum atomic E-state index is 0.374. The molecule has 1 aromatic carbocycles. The monoisotopic (exact) mass is 405 g/mol. The molecular weight excluding hydrogens is 378 g/mol. The Morgan fingerprint density at radius 2 is 2.11 bits per heavy atom. The second-order valence-corrected chi connectivity index (χ2v) is 7.63. The van der Waals surface area contributed by atoms with E-state index in [0.717, 1.165) is 23.8 Å². The Morgan fingerprint density at radius 3 is 2.82 bits per heavy atom. The quantitative estimate of drug-likeness (QED) is 0.611. The summed E-state index contributed by atoms with van der Waals surface area (Å²) in [6, 6.07) is 3.85. The lowest BCUT2D eigenvalue weighted by Gasteiger charge is -2.23. The molecule has 0 aliphatic carbocycles. The van der Waals surface area contributed by atoms with Gasteiger partial charge < -0.3 is 19.7 Å². The van der Waals surface area contributed by atoms with Gasteiger partial charge in [-0.3, -0.25) is 9.67 Å². The highest BCUT2D eigenvalue weighted by Crippen LogP contribution is 2.38. The molecule has 1 aliphatic heterocycles. The fraction of sp³-hybridized carbons (Fsp3) is 0.500. The van der Waals surface area contributed by atoms with Crippen molar-refractivity contribution in [3.8, 4) is 11.5 Å². The molecule has 152 valence electrons. The number of nitrogens with one attached hydrogen (secondary N) is 1. The van der Waals surface area contributed by atoms with Crippen molar-refractivity contribution in [2.75, 3.05) is 27.3 Å². The first kappa shape index (κ1) is 20.3. The summed E-state index contributed by atoms with van der Waals surface area (Å²) < 4.78 is 13.1. The first-order valence-corrected chi connectivity index (χ1v) is 9.79.